The van der Waals surface area contributed by atoms with Crippen molar-refractivity contribution in [2.24, 2.45) is 0 Å². The van der Waals surface area contributed by atoms with E-state index in [0.717, 1.165) is 12.3 Å². The maximum absolute atomic E-state index is 15.3. The molecule has 0 aliphatic carbocycles. The average Bonchev–Trinajstić information content (AvgIpc) is 3.53. The largest absolute Gasteiger partial charge is 0.454 e. The van der Waals surface area contributed by atoms with Crippen molar-refractivity contribution in [2.75, 3.05) is 17.7 Å². The van der Waals surface area contributed by atoms with E-state index in [1.165, 1.54) is 47.0 Å². The van der Waals surface area contributed by atoms with Gasteiger partial charge in [-0.25, -0.2) is 8.78 Å². The molecule has 9 nitrogen and oxygen atoms in total. The molecule has 0 atom stereocenters. The Morgan fingerprint density at radius 3 is 2.44 bits per heavy atom. The van der Waals surface area contributed by atoms with Crippen LogP contribution in [0.5, 0.6) is 11.5 Å². The smallest absolute Gasteiger partial charge is 0.268 e. The Bertz CT molecular complexity index is 1870. The highest BCUT2D eigenvalue weighted by atomic mass is 19.1. The number of hydrogen-bond acceptors (Lipinski definition) is 6. The second-order valence-corrected chi connectivity index (χ2v) is 9.96. The summed E-state index contributed by atoms with van der Waals surface area (Å²) in [7, 11) is 1.73. The van der Waals surface area contributed by atoms with Gasteiger partial charge in [-0.3, -0.25) is 19.3 Å². The Hall–Kier alpha value is -5.58. The van der Waals surface area contributed by atoms with Gasteiger partial charge >= 0.3 is 0 Å². The summed E-state index contributed by atoms with van der Waals surface area (Å²) >= 11 is 0. The highest BCUT2D eigenvalue weighted by molar-refractivity contribution is 6.04. The lowest BCUT2D eigenvalue weighted by Crippen LogP contribution is -2.30. The Balaban J connectivity index is 1.43. The van der Waals surface area contributed by atoms with Crippen LogP contribution < -0.4 is 20.9 Å². The van der Waals surface area contributed by atoms with Crippen LogP contribution in [0.15, 0.2) is 83.9 Å². The van der Waals surface area contributed by atoms with Crippen molar-refractivity contribution in [2.45, 2.75) is 19.8 Å². The zero-order chi connectivity index (χ0) is 30.7. The molecule has 0 spiro atoms. The van der Waals surface area contributed by atoms with E-state index in [1.807, 2.05) is 13.8 Å². The third-order valence-electron chi connectivity index (χ3n) is 6.83. The minimum Gasteiger partial charge on any atom is -0.454 e. The lowest BCUT2D eigenvalue weighted by atomic mass is 10.0. The zero-order valence-corrected chi connectivity index (χ0v) is 23.5. The number of rotatable bonds is 9. The molecule has 4 N–H and O–H groups in total. The summed E-state index contributed by atoms with van der Waals surface area (Å²) in [5.74, 6) is -1.82. The fourth-order valence-electron chi connectivity index (χ4n) is 4.65. The zero-order valence-electron chi connectivity index (χ0n) is 23.5. The first-order chi connectivity index (χ1) is 20.7. The van der Waals surface area contributed by atoms with E-state index in [9.17, 15) is 14.0 Å². The van der Waals surface area contributed by atoms with E-state index in [1.54, 1.807) is 37.6 Å². The highest BCUT2D eigenvalue weighted by Crippen LogP contribution is 2.38. The van der Waals surface area contributed by atoms with Crippen LogP contribution in [0.2, 0.25) is 0 Å². The van der Waals surface area contributed by atoms with E-state index < -0.39 is 23.1 Å². The van der Waals surface area contributed by atoms with Crippen LogP contribution in [0.3, 0.4) is 0 Å². The van der Waals surface area contributed by atoms with Crippen molar-refractivity contribution in [1.82, 2.24) is 14.8 Å². The number of hydrogen-bond donors (Lipinski definition) is 4. The van der Waals surface area contributed by atoms with Crippen LogP contribution in [-0.2, 0) is 0 Å². The maximum Gasteiger partial charge on any atom is 0.268 e. The summed E-state index contributed by atoms with van der Waals surface area (Å²) in [6.45, 7) is 3.81. The Morgan fingerprint density at radius 2 is 1.81 bits per heavy atom. The SMILES string of the molecule is CNc1cc(-c2cn[nH]c2)c(Oc2ccc(NC(=O)c3ccc(C(C)C)n(-c4ccc(F)cc4)c3=O)cc2F)cc1C=N. The Labute approximate surface area is 245 Å². The van der Waals surface area contributed by atoms with E-state index in [-0.39, 0.29) is 22.9 Å². The second kappa shape index (κ2) is 12.1. The number of carbonyl (C=O) groups excluding carboxylic acids is 1. The van der Waals surface area contributed by atoms with Crippen molar-refractivity contribution in [1.29, 1.82) is 5.41 Å². The van der Waals surface area contributed by atoms with Crippen molar-refractivity contribution < 1.29 is 18.3 Å². The van der Waals surface area contributed by atoms with E-state index in [0.29, 0.717) is 39.5 Å². The molecule has 2 aromatic heterocycles. The quantitative estimate of drug-likeness (QED) is 0.144. The van der Waals surface area contributed by atoms with Crippen molar-refractivity contribution in [3.63, 3.8) is 0 Å². The molecule has 5 aromatic rings. The van der Waals surface area contributed by atoms with Crippen molar-refractivity contribution in [3.05, 3.63) is 118 Å². The molecule has 2 heterocycles. The third-order valence-corrected chi connectivity index (χ3v) is 6.83. The minimum absolute atomic E-state index is 0.0601. The van der Waals surface area contributed by atoms with Gasteiger partial charge in [-0.05, 0) is 66.6 Å². The number of halogens is 2. The van der Waals surface area contributed by atoms with Crippen LogP contribution in [-0.4, -0.2) is 33.9 Å². The number of nitrogens with one attached hydrogen (secondary N) is 4. The Kier molecular flexibility index (Phi) is 8.15. The molecule has 0 bridgehead atoms. The number of carbonyl (C=O) groups is 1. The number of aromatic nitrogens is 3. The molecule has 0 aliphatic rings. The van der Waals surface area contributed by atoms with Gasteiger partial charge in [0.1, 0.15) is 17.1 Å². The molecule has 0 unspecified atom stereocenters. The molecule has 218 valence electrons. The normalized spacial score (nSPS) is 10.9. The predicted molar refractivity (Wildman–Crippen MR) is 162 cm³/mol. The standard InChI is InChI=1S/C32H28F2N6O3/c1-18(2)28-10-9-24(32(42)40(28)23-7-4-21(33)5-8-23)31(41)39-22-6-11-29(26(34)13-22)43-30-12-19(15-35)27(36-3)14-25(30)20-16-37-38-17-20/h4-18,35-36H,1-3H3,(H,37,38)(H,39,41). The number of benzene rings is 3. The molecule has 0 aliphatic heterocycles. The molecular weight excluding hydrogens is 554 g/mol. The first-order valence-electron chi connectivity index (χ1n) is 13.4. The predicted octanol–water partition coefficient (Wildman–Crippen LogP) is 6.71. The molecule has 0 radical (unpaired) electrons. The Morgan fingerprint density at radius 1 is 1.05 bits per heavy atom. The molecule has 0 saturated carbocycles. The lowest BCUT2D eigenvalue weighted by Gasteiger charge is -2.17. The van der Waals surface area contributed by atoms with Gasteiger partial charge < -0.3 is 20.8 Å². The molecule has 11 heteroatoms. The van der Waals surface area contributed by atoms with Gasteiger partial charge in [0, 0.05) is 65.0 Å². The van der Waals surface area contributed by atoms with Gasteiger partial charge in [-0.2, -0.15) is 5.10 Å². The molecule has 43 heavy (non-hydrogen) atoms. The van der Waals surface area contributed by atoms with Crippen molar-refractivity contribution in [3.8, 4) is 28.3 Å². The monoisotopic (exact) mass is 582 g/mol. The number of aromatic amines is 1. The highest BCUT2D eigenvalue weighted by Gasteiger charge is 2.20. The molecule has 0 fully saturated rings. The van der Waals surface area contributed by atoms with Crippen molar-refractivity contribution >= 4 is 23.5 Å². The van der Waals surface area contributed by atoms with Crippen LogP contribution in [0, 0.1) is 17.0 Å². The first kappa shape index (κ1) is 28.9. The topological polar surface area (TPSA) is 125 Å². The molecule has 3 aromatic carbocycles. The van der Waals surface area contributed by atoms with E-state index in [4.69, 9.17) is 10.1 Å². The molecule has 0 saturated heterocycles. The van der Waals surface area contributed by atoms with Gasteiger partial charge in [-0.1, -0.05) is 13.8 Å². The summed E-state index contributed by atoms with van der Waals surface area (Å²) in [5.41, 5.74) is 2.94. The van der Waals surface area contributed by atoms with Gasteiger partial charge in [0.05, 0.1) is 6.20 Å². The lowest BCUT2D eigenvalue weighted by molar-refractivity contribution is 0.102. The second-order valence-electron chi connectivity index (χ2n) is 9.96. The van der Waals surface area contributed by atoms with Gasteiger partial charge in [0.25, 0.3) is 11.5 Å². The summed E-state index contributed by atoms with van der Waals surface area (Å²) in [6, 6.07) is 15.8. The number of H-pyrrole nitrogens is 1. The molecule has 5 rings (SSSR count). The first-order valence-corrected chi connectivity index (χ1v) is 13.4. The van der Waals surface area contributed by atoms with Crippen LogP contribution in [0.4, 0.5) is 20.2 Å². The number of nitrogens with zero attached hydrogens (tertiary/aromatic N) is 2. The number of pyridine rings is 1. The third kappa shape index (κ3) is 5.91. The fourth-order valence-corrected chi connectivity index (χ4v) is 4.65. The molecular formula is C32H28F2N6O3. The van der Waals surface area contributed by atoms with Crippen LogP contribution in [0.1, 0.15) is 41.4 Å². The molecule has 1 amide bonds. The summed E-state index contributed by atoms with van der Waals surface area (Å²) in [6.07, 6.45) is 4.42. The number of amides is 1. The van der Waals surface area contributed by atoms with Gasteiger partial charge in [0.2, 0.25) is 0 Å². The summed E-state index contributed by atoms with van der Waals surface area (Å²) < 4.78 is 36.1. The number of ether oxygens (including phenoxy) is 1. The summed E-state index contributed by atoms with van der Waals surface area (Å²) in [5, 5.41) is 20.1. The number of anilines is 2. The summed E-state index contributed by atoms with van der Waals surface area (Å²) in [4.78, 5) is 26.6. The fraction of sp³-hybridized carbons (Fsp3) is 0.125. The van der Waals surface area contributed by atoms with E-state index >= 15 is 4.39 Å². The maximum atomic E-state index is 15.3. The van der Waals surface area contributed by atoms with E-state index in [2.05, 4.69) is 20.8 Å². The average molecular weight is 583 g/mol. The van der Waals surface area contributed by atoms with Gasteiger partial charge in [0.15, 0.2) is 11.6 Å². The minimum atomic E-state index is -0.760. The van der Waals surface area contributed by atoms with Crippen LogP contribution >= 0.6 is 0 Å². The van der Waals surface area contributed by atoms with Gasteiger partial charge in [-0.15, -0.1) is 0 Å². The van der Waals surface area contributed by atoms with Crippen LogP contribution in [0.25, 0.3) is 16.8 Å².